The number of hydrogen-bond acceptors (Lipinski definition) is 4. The van der Waals surface area contributed by atoms with E-state index < -0.39 is 0 Å². The summed E-state index contributed by atoms with van der Waals surface area (Å²) in [4.78, 5) is 16.7. The van der Waals surface area contributed by atoms with Crippen molar-refractivity contribution in [3.8, 4) is 0 Å². The monoisotopic (exact) mass is 332 g/mol. The van der Waals surface area contributed by atoms with Crippen LogP contribution in [-0.2, 0) is 14.3 Å². The van der Waals surface area contributed by atoms with Gasteiger partial charge in [0.25, 0.3) is 0 Å². The van der Waals surface area contributed by atoms with Gasteiger partial charge in [-0.1, -0.05) is 30.3 Å². The summed E-state index contributed by atoms with van der Waals surface area (Å²) >= 11 is 0. The molecule has 1 aromatic rings. The van der Waals surface area contributed by atoms with Crippen LogP contribution in [-0.4, -0.2) is 61.9 Å². The normalized spacial score (nSPS) is 21.8. The van der Waals surface area contributed by atoms with E-state index in [1.165, 1.54) is 5.56 Å². The van der Waals surface area contributed by atoms with Gasteiger partial charge in [0.15, 0.2) is 6.29 Å². The fourth-order valence-electron chi connectivity index (χ4n) is 3.51. The number of likely N-dealkylation sites (tertiary alicyclic amines) is 1. The first kappa shape index (κ1) is 17.4. The van der Waals surface area contributed by atoms with Gasteiger partial charge < -0.3 is 14.4 Å². The highest BCUT2D eigenvalue weighted by atomic mass is 16.7. The molecule has 0 spiro atoms. The molecule has 24 heavy (non-hydrogen) atoms. The zero-order valence-electron chi connectivity index (χ0n) is 14.7. The van der Waals surface area contributed by atoms with Gasteiger partial charge in [-0.2, -0.15) is 0 Å². The van der Waals surface area contributed by atoms with Gasteiger partial charge in [-0.3, -0.25) is 9.69 Å². The van der Waals surface area contributed by atoms with Gasteiger partial charge in [0.05, 0.1) is 25.8 Å². The van der Waals surface area contributed by atoms with Crippen molar-refractivity contribution in [3.05, 3.63) is 35.9 Å². The van der Waals surface area contributed by atoms with Gasteiger partial charge in [0.1, 0.15) is 0 Å². The molecule has 2 aliphatic rings. The Balaban J connectivity index is 1.46. The molecule has 0 radical (unpaired) electrons. The lowest BCUT2D eigenvalue weighted by atomic mass is 9.96. The van der Waals surface area contributed by atoms with E-state index in [0.29, 0.717) is 25.7 Å². The topological polar surface area (TPSA) is 42.0 Å². The first-order valence-electron chi connectivity index (χ1n) is 8.91. The molecular weight excluding hydrogens is 304 g/mol. The highest BCUT2D eigenvalue weighted by Crippen LogP contribution is 2.26. The van der Waals surface area contributed by atoms with Crippen LogP contribution >= 0.6 is 0 Å². The first-order chi connectivity index (χ1) is 11.6. The molecule has 5 nitrogen and oxygen atoms in total. The quantitative estimate of drug-likeness (QED) is 0.830. The second kappa shape index (κ2) is 8.10. The predicted octanol–water partition coefficient (Wildman–Crippen LogP) is 2.29. The maximum absolute atomic E-state index is 12.6. The summed E-state index contributed by atoms with van der Waals surface area (Å²) in [6.45, 7) is 5.87. The molecule has 0 aromatic heterocycles. The molecule has 2 aliphatic heterocycles. The van der Waals surface area contributed by atoms with Gasteiger partial charge in [-0.05, 0) is 38.4 Å². The van der Waals surface area contributed by atoms with Crippen LogP contribution in [0, 0.1) is 5.92 Å². The van der Waals surface area contributed by atoms with Crippen molar-refractivity contribution in [2.24, 2.45) is 5.92 Å². The Labute approximate surface area is 144 Å². The molecule has 0 saturated carbocycles. The number of rotatable bonds is 5. The fraction of sp³-hybridized carbons (Fsp3) is 0.632. The average molecular weight is 332 g/mol. The number of piperidine rings is 1. The zero-order valence-corrected chi connectivity index (χ0v) is 14.7. The van der Waals surface area contributed by atoms with E-state index >= 15 is 0 Å². The molecule has 2 heterocycles. The summed E-state index contributed by atoms with van der Waals surface area (Å²) in [5.74, 6) is 0.651. The van der Waals surface area contributed by atoms with E-state index in [2.05, 4.69) is 24.0 Å². The molecule has 1 atom stereocenters. The lowest BCUT2D eigenvalue weighted by Gasteiger charge is -2.35. The molecule has 5 heteroatoms. The third kappa shape index (κ3) is 4.15. The highest BCUT2D eigenvalue weighted by Gasteiger charge is 2.31. The number of hydrogen-bond donors (Lipinski definition) is 0. The summed E-state index contributed by atoms with van der Waals surface area (Å²) in [6.07, 6.45) is 2.05. The van der Waals surface area contributed by atoms with Gasteiger partial charge in [-0.25, -0.2) is 0 Å². The smallest absolute Gasteiger partial charge is 0.236 e. The second-order valence-electron chi connectivity index (χ2n) is 6.81. The molecule has 1 aromatic carbocycles. The molecule has 1 unspecified atom stereocenters. The SMILES string of the molecule is CC(c1ccccc1)N(C)C(=O)CN1CCC(C2OCCO2)CC1. The van der Waals surface area contributed by atoms with Gasteiger partial charge in [0.2, 0.25) is 5.91 Å². The van der Waals surface area contributed by atoms with Gasteiger partial charge >= 0.3 is 0 Å². The number of likely N-dealkylation sites (N-methyl/N-ethyl adjacent to an activating group) is 1. The Hall–Kier alpha value is -1.43. The minimum atomic E-state index is -0.0244. The standard InChI is InChI=1S/C19H28N2O3/c1-15(16-6-4-3-5-7-16)20(2)18(22)14-21-10-8-17(9-11-21)19-23-12-13-24-19/h3-7,15,17,19H,8-14H2,1-2H3. The lowest BCUT2D eigenvalue weighted by molar-refractivity contribution is -0.134. The first-order valence-corrected chi connectivity index (χ1v) is 8.91. The van der Waals surface area contributed by atoms with Crippen LogP contribution in [0.25, 0.3) is 0 Å². The Morgan fingerprint density at radius 3 is 2.46 bits per heavy atom. The largest absolute Gasteiger partial charge is 0.350 e. The fourth-order valence-corrected chi connectivity index (χ4v) is 3.51. The van der Waals surface area contributed by atoms with Crippen LogP contribution in [0.2, 0.25) is 0 Å². The van der Waals surface area contributed by atoms with Crippen molar-refractivity contribution in [2.45, 2.75) is 32.1 Å². The minimum absolute atomic E-state index is 0.0244. The molecule has 0 bridgehead atoms. The summed E-state index contributed by atoms with van der Waals surface area (Å²) in [6, 6.07) is 10.3. The van der Waals surface area contributed by atoms with Crippen molar-refractivity contribution in [1.29, 1.82) is 0 Å². The molecule has 3 rings (SSSR count). The summed E-state index contributed by atoms with van der Waals surface area (Å²) in [5.41, 5.74) is 1.17. The van der Waals surface area contributed by atoms with Crippen molar-refractivity contribution < 1.29 is 14.3 Å². The number of benzene rings is 1. The van der Waals surface area contributed by atoms with Crippen molar-refractivity contribution in [2.75, 3.05) is 39.9 Å². The Bertz CT molecular complexity index is 523. The number of nitrogens with zero attached hydrogens (tertiary/aromatic N) is 2. The number of carbonyl (C=O) groups is 1. The van der Waals surface area contributed by atoms with E-state index in [9.17, 15) is 4.79 Å². The van der Waals surface area contributed by atoms with E-state index in [1.54, 1.807) is 0 Å². The Morgan fingerprint density at radius 2 is 1.83 bits per heavy atom. The van der Waals surface area contributed by atoms with Crippen LogP contribution in [0.1, 0.15) is 31.4 Å². The molecule has 1 amide bonds. The van der Waals surface area contributed by atoms with Crippen LogP contribution < -0.4 is 0 Å². The Kier molecular flexibility index (Phi) is 5.87. The van der Waals surface area contributed by atoms with Gasteiger partial charge in [0, 0.05) is 13.0 Å². The highest BCUT2D eigenvalue weighted by molar-refractivity contribution is 5.78. The van der Waals surface area contributed by atoms with Crippen molar-refractivity contribution in [1.82, 2.24) is 9.80 Å². The van der Waals surface area contributed by atoms with Crippen molar-refractivity contribution >= 4 is 5.91 Å². The second-order valence-corrected chi connectivity index (χ2v) is 6.81. The molecule has 0 aliphatic carbocycles. The third-order valence-corrected chi connectivity index (χ3v) is 5.28. The van der Waals surface area contributed by atoms with Crippen LogP contribution in [0.5, 0.6) is 0 Å². The zero-order chi connectivity index (χ0) is 16.9. The summed E-state index contributed by atoms with van der Waals surface area (Å²) < 4.78 is 11.2. The number of amides is 1. The minimum Gasteiger partial charge on any atom is -0.350 e. The Morgan fingerprint density at radius 1 is 1.21 bits per heavy atom. The van der Waals surface area contributed by atoms with Crippen molar-refractivity contribution in [3.63, 3.8) is 0 Å². The summed E-state index contributed by atoms with van der Waals surface area (Å²) in [5, 5.41) is 0. The molecule has 2 saturated heterocycles. The van der Waals surface area contributed by atoms with Crippen LogP contribution in [0.3, 0.4) is 0 Å². The van der Waals surface area contributed by atoms with Crippen LogP contribution in [0.15, 0.2) is 30.3 Å². The number of ether oxygens (including phenoxy) is 2. The molecule has 132 valence electrons. The van der Waals surface area contributed by atoms with E-state index in [1.807, 2.05) is 30.1 Å². The van der Waals surface area contributed by atoms with E-state index in [0.717, 1.165) is 25.9 Å². The maximum Gasteiger partial charge on any atom is 0.236 e. The average Bonchev–Trinajstić information content (AvgIpc) is 3.16. The number of carbonyl (C=O) groups excluding carboxylic acids is 1. The molecule has 2 fully saturated rings. The van der Waals surface area contributed by atoms with E-state index in [-0.39, 0.29) is 18.2 Å². The lowest BCUT2D eigenvalue weighted by Crippen LogP contribution is -2.44. The predicted molar refractivity (Wildman–Crippen MR) is 92.5 cm³/mol. The molecular formula is C19H28N2O3. The molecule has 0 N–H and O–H groups in total. The summed E-state index contributed by atoms with van der Waals surface area (Å²) in [7, 11) is 1.90. The maximum atomic E-state index is 12.6. The van der Waals surface area contributed by atoms with Gasteiger partial charge in [-0.15, -0.1) is 0 Å². The third-order valence-electron chi connectivity index (χ3n) is 5.28. The van der Waals surface area contributed by atoms with E-state index in [4.69, 9.17) is 9.47 Å². The van der Waals surface area contributed by atoms with Crippen LogP contribution in [0.4, 0.5) is 0 Å².